The predicted molar refractivity (Wildman–Crippen MR) is 112 cm³/mol. The molecular weight excluding hydrogens is 430 g/mol. The average molecular weight is 445 g/mol. The molecule has 32 heavy (non-hydrogen) atoms. The molecule has 6 N–H and O–H groups in total. The van der Waals surface area contributed by atoms with Crippen LogP contribution in [0.5, 0.6) is 5.75 Å². The maximum atomic E-state index is 13.4. The number of benzene rings is 3. The Kier molecular flexibility index (Phi) is 5.09. The van der Waals surface area contributed by atoms with Crippen molar-refractivity contribution in [2.75, 3.05) is 16.4 Å². The van der Waals surface area contributed by atoms with Gasteiger partial charge in [-0.05, 0) is 53.6 Å². The number of aromatic nitrogens is 2. The number of rotatable bonds is 3. The van der Waals surface area contributed by atoms with Gasteiger partial charge in [-0.3, -0.25) is 5.10 Å². The largest absolute Gasteiger partial charge is 0.506 e. The number of hydrogen-bond donors (Lipinski definition) is 5. The highest BCUT2D eigenvalue weighted by molar-refractivity contribution is 6.04. The van der Waals surface area contributed by atoms with E-state index in [4.69, 9.17) is 5.73 Å². The second-order valence-electron chi connectivity index (χ2n) is 6.84. The van der Waals surface area contributed by atoms with Gasteiger partial charge in [0.1, 0.15) is 17.1 Å². The van der Waals surface area contributed by atoms with E-state index in [0.717, 1.165) is 11.6 Å². The van der Waals surface area contributed by atoms with Crippen LogP contribution in [-0.4, -0.2) is 21.3 Å². The number of anilines is 3. The van der Waals surface area contributed by atoms with E-state index in [2.05, 4.69) is 20.8 Å². The molecule has 0 radical (unpaired) electrons. The van der Waals surface area contributed by atoms with E-state index in [-0.39, 0.29) is 17.3 Å². The van der Waals surface area contributed by atoms with Crippen molar-refractivity contribution >= 4 is 34.1 Å². The summed E-state index contributed by atoms with van der Waals surface area (Å²) in [5, 5.41) is 21.8. The molecule has 3 aromatic carbocycles. The molecule has 0 aliphatic carbocycles. The quantitative estimate of drug-likeness (QED) is 0.275. The number of carbonyl (C=O) groups is 1. The summed E-state index contributed by atoms with van der Waals surface area (Å²) < 4.78 is 51.8. The topological polar surface area (TPSA) is 116 Å². The molecule has 0 aliphatic rings. The van der Waals surface area contributed by atoms with Crippen LogP contribution in [0, 0.1) is 5.82 Å². The number of halogens is 4. The zero-order chi connectivity index (χ0) is 23.0. The van der Waals surface area contributed by atoms with Crippen LogP contribution in [0.15, 0.2) is 54.6 Å². The number of H-pyrrole nitrogens is 1. The lowest BCUT2D eigenvalue weighted by Gasteiger charge is -2.12. The first-order chi connectivity index (χ1) is 15.1. The van der Waals surface area contributed by atoms with Gasteiger partial charge in [0.05, 0.1) is 10.9 Å². The molecule has 0 spiro atoms. The number of phenolic OH excluding ortho intramolecular Hbond substituents is 1. The van der Waals surface area contributed by atoms with Crippen molar-refractivity contribution < 1.29 is 27.5 Å². The van der Waals surface area contributed by atoms with E-state index in [9.17, 15) is 27.5 Å². The fourth-order valence-corrected chi connectivity index (χ4v) is 3.23. The van der Waals surface area contributed by atoms with Gasteiger partial charge in [0.15, 0.2) is 5.82 Å². The number of urea groups is 1. The van der Waals surface area contributed by atoms with Crippen LogP contribution in [0.1, 0.15) is 5.56 Å². The minimum atomic E-state index is -4.88. The Morgan fingerprint density at radius 2 is 1.66 bits per heavy atom. The van der Waals surface area contributed by atoms with Crippen molar-refractivity contribution in [3.8, 4) is 16.9 Å². The number of nitrogens with two attached hydrogens (primary N) is 1. The van der Waals surface area contributed by atoms with E-state index < -0.39 is 23.6 Å². The van der Waals surface area contributed by atoms with Crippen molar-refractivity contribution in [3.63, 3.8) is 0 Å². The predicted octanol–water partition coefficient (Wildman–Crippen LogP) is 5.32. The molecule has 0 aliphatic heterocycles. The highest BCUT2D eigenvalue weighted by atomic mass is 19.4. The lowest BCUT2D eigenvalue weighted by molar-refractivity contribution is -0.139. The molecule has 0 atom stereocenters. The fraction of sp³-hybridized carbons (Fsp3) is 0.0476. The molecule has 11 heteroatoms. The SMILES string of the molecule is Nc1n[nH]c2c(O)ccc(-c3ccc(NC(=O)Nc4ccc(F)c(C(F)(F)F)c4)cc3)c12. The van der Waals surface area contributed by atoms with Crippen LogP contribution in [0.25, 0.3) is 22.0 Å². The number of phenols is 1. The lowest BCUT2D eigenvalue weighted by Crippen LogP contribution is -2.20. The summed E-state index contributed by atoms with van der Waals surface area (Å²) in [7, 11) is 0. The molecule has 1 heterocycles. The zero-order valence-electron chi connectivity index (χ0n) is 16.1. The Hall–Kier alpha value is -4.28. The Balaban J connectivity index is 1.51. The van der Waals surface area contributed by atoms with E-state index in [1.807, 2.05) is 0 Å². The van der Waals surface area contributed by atoms with Gasteiger partial charge in [0.2, 0.25) is 0 Å². The summed E-state index contributed by atoms with van der Waals surface area (Å²) in [4.78, 5) is 12.2. The Bertz CT molecular complexity index is 1320. The summed E-state index contributed by atoms with van der Waals surface area (Å²) in [6.45, 7) is 0. The summed E-state index contributed by atoms with van der Waals surface area (Å²) in [5.41, 5.74) is 6.37. The molecule has 0 saturated carbocycles. The minimum Gasteiger partial charge on any atom is -0.506 e. The van der Waals surface area contributed by atoms with Crippen molar-refractivity contribution in [2.45, 2.75) is 6.18 Å². The highest BCUT2D eigenvalue weighted by Crippen LogP contribution is 2.36. The number of carbonyl (C=O) groups excluding carboxylic acids is 1. The summed E-state index contributed by atoms with van der Waals surface area (Å²) in [5.74, 6) is -1.22. The summed E-state index contributed by atoms with van der Waals surface area (Å²) in [6, 6.07) is 11.1. The fourth-order valence-electron chi connectivity index (χ4n) is 3.23. The van der Waals surface area contributed by atoms with Gasteiger partial charge in [-0.15, -0.1) is 0 Å². The van der Waals surface area contributed by atoms with E-state index >= 15 is 0 Å². The number of nitrogens with zero attached hydrogens (tertiary/aromatic N) is 1. The third-order valence-electron chi connectivity index (χ3n) is 4.71. The molecule has 1 aromatic heterocycles. The number of nitrogen functional groups attached to an aromatic ring is 1. The zero-order valence-corrected chi connectivity index (χ0v) is 16.1. The normalized spacial score (nSPS) is 11.5. The number of aromatic amines is 1. The number of fused-ring (bicyclic) bond motifs is 1. The van der Waals surface area contributed by atoms with Crippen LogP contribution in [0.3, 0.4) is 0 Å². The van der Waals surface area contributed by atoms with E-state index in [1.54, 1.807) is 30.3 Å². The first kappa shape index (κ1) is 21.0. The maximum Gasteiger partial charge on any atom is 0.419 e. The first-order valence-electron chi connectivity index (χ1n) is 9.14. The van der Waals surface area contributed by atoms with Gasteiger partial charge in [0, 0.05) is 11.4 Å². The Morgan fingerprint density at radius 1 is 1.00 bits per heavy atom. The standard InChI is InChI=1S/C21H15F4N5O2/c22-15-7-5-12(9-14(15)21(23,24)25)28-20(32)27-11-3-1-10(2-4-11)13-6-8-16(31)18-17(13)19(26)30-29-18/h1-9,31H,(H3,26,29,30)(H2,27,28,32). The van der Waals surface area contributed by atoms with E-state index in [1.165, 1.54) is 6.07 Å². The monoisotopic (exact) mass is 445 g/mol. The minimum absolute atomic E-state index is 0.00242. The first-order valence-corrected chi connectivity index (χ1v) is 9.14. The molecular formula is C21H15F4N5O2. The molecule has 2 amide bonds. The number of nitrogens with one attached hydrogen (secondary N) is 3. The van der Waals surface area contributed by atoms with Gasteiger partial charge in [-0.2, -0.15) is 18.3 Å². The van der Waals surface area contributed by atoms with Crippen LogP contribution in [0.4, 0.5) is 39.5 Å². The van der Waals surface area contributed by atoms with Crippen molar-refractivity contribution in [2.24, 2.45) is 0 Å². The van der Waals surface area contributed by atoms with Crippen LogP contribution >= 0.6 is 0 Å². The summed E-state index contributed by atoms with van der Waals surface area (Å²) >= 11 is 0. The van der Waals surface area contributed by atoms with Crippen LogP contribution < -0.4 is 16.4 Å². The van der Waals surface area contributed by atoms with Crippen molar-refractivity contribution in [1.29, 1.82) is 0 Å². The summed E-state index contributed by atoms with van der Waals surface area (Å²) in [6.07, 6.45) is -4.88. The van der Waals surface area contributed by atoms with Crippen LogP contribution in [0.2, 0.25) is 0 Å². The number of amides is 2. The highest BCUT2D eigenvalue weighted by Gasteiger charge is 2.34. The van der Waals surface area contributed by atoms with Gasteiger partial charge in [-0.25, -0.2) is 9.18 Å². The molecule has 4 rings (SSSR count). The molecule has 0 bridgehead atoms. The molecule has 0 unspecified atom stereocenters. The molecule has 7 nitrogen and oxygen atoms in total. The van der Waals surface area contributed by atoms with Gasteiger partial charge < -0.3 is 21.5 Å². The Labute approximate surface area is 177 Å². The maximum absolute atomic E-state index is 13.4. The molecule has 4 aromatic rings. The van der Waals surface area contributed by atoms with E-state index in [0.29, 0.717) is 34.3 Å². The Morgan fingerprint density at radius 3 is 2.34 bits per heavy atom. The van der Waals surface area contributed by atoms with Crippen molar-refractivity contribution in [1.82, 2.24) is 10.2 Å². The van der Waals surface area contributed by atoms with Gasteiger partial charge in [0.25, 0.3) is 0 Å². The number of alkyl halides is 3. The molecule has 0 fully saturated rings. The molecule has 0 saturated heterocycles. The lowest BCUT2D eigenvalue weighted by atomic mass is 10.0. The smallest absolute Gasteiger partial charge is 0.419 e. The van der Waals surface area contributed by atoms with Crippen LogP contribution in [-0.2, 0) is 6.18 Å². The number of aromatic hydroxyl groups is 1. The second-order valence-corrected chi connectivity index (χ2v) is 6.84. The third-order valence-corrected chi connectivity index (χ3v) is 4.71. The van der Waals surface area contributed by atoms with Gasteiger partial charge in [-0.1, -0.05) is 12.1 Å². The van der Waals surface area contributed by atoms with Gasteiger partial charge >= 0.3 is 12.2 Å². The third kappa shape index (κ3) is 4.00. The molecule has 164 valence electrons. The number of hydrogen-bond acceptors (Lipinski definition) is 4. The van der Waals surface area contributed by atoms with Crippen molar-refractivity contribution in [3.05, 3.63) is 66.0 Å². The second kappa shape index (κ2) is 7.76. The average Bonchev–Trinajstić information content (AvgIpc) is 3.12.